The first-order valence-corrected chi connectivity index (χ1v) is 7.09. The zero-order valence-corrected chi connectivity index (χ0v) is 10.8. The van der Waals surface area contributed by atoms with E-state index in [2.05, 4.69) is 5.32 Å². The summed E-state index contributed by atoms with van der Waals surface area (Å²) in [6.07, 6.45) is 0.542. The molecule has 2 rings (SSSR count). The molecule has 88 valence electrons. The topological polar surface area (TPSA) is 46.2 Å². The molecule has 0 aromatic heterocycles. The van der Waals surface area contributed by atoms with Gasteiger partial charge in [0, 0.05) is 11.1 Å². The smallest absolute Gasteiger partial charge is 0.183 e. The van der Waals surface area contributed by atoms with E-state index in [0.717, 1.165) is 5.56 Å². The Bertz CT molecular complexity index is 513. The van der Waals surface area contributed by atoms with Crippen molar-refractivity contribution >= 4 is 21.4 Å². The Balaban J connectivity index is 2.50. The minimum Gasteiger partial charge on any atom is -0.316 e. The van der Waals surface area contributed by atoms with Crippen LogP contribution < -0.4 is 5.32 Å². The lowest BCUT2D eigenvalue weighted by Crippen LogP contribution is -2.38. The maximum Gasteiger partial charge on any atom is 0.183 e. The van der Waals surface area contributed by atoms with Crippen LogP contribution in [0.25, 0.3) is 0 Å². The third kappa shape index (κ3) is 1.75. The first kappa shape index (κ1) is 11.9. The highest BCUT2D eigenvalue weighted by atomic mass is 35.5. The van der Waals surface area contributed by atoms with Crippen molar-refractivity contribution in [2.75, 3.05) is 7.05 Å². The van der Waals surface area contributed by atoms with Crippen molar-refractivity contribution in [3.05, 3.63) is 28.8 Å². The second-order valence-electron chi connectivity index (χ2n) is 4.12. The Kier molecular flexibility index (Phi) is 2.99. The zero-order valence-electron chi connectivity index (χ0n) is 9.20. The summed E-state index contributed by atoms with van der Waals surface area (Å²) in [7, 11) is -1.42. The Labute approximate surface area is 101 Å². The molecule has 3 nitrogen and oxygen atoms in total. The van der Waals surface area contributed by atoms with Gasteiger partial charge in [-0.1, -0.05) is 11.6 Å². The molecule has 0 bridgehead atoms. The lowest BCUT2D eigenvalue weighted by atomic mass is 10.1. The molecule has 0 radical (unpaired) electrons. The fraction of sp³-hybridized carbons (Fsp3) is 0.455. The van der Waals surface area contributed by atoms with E-state index in [1.165, 1.54) is 0 Å². The number of rotatable bonds is 2. The van der Waals surface area contributed by atoms with Gasteiger partial charge >= 0.3 is 0 Å². The summed E-state index contributed by atoms with van der Waals surface area (Å²) < 4.78 is 24.4. The number of hydrogen-bond donors (Lipinski definition) is 1. The fourth-order valence-electron chi connectivity index (χ4n) is 2.11. The molecule has 0 amide bonds. The van der Waals surface area contributed by atoms with Crippen molar-refractivity contribution in [2.45, 2.75) is 29.5 Å². The largest absolute Gasteiger partial charge is 0.316 e. The number of halogens is 1. The first-order chi connectivity index (χ1) is 7.46. The predicted octanol–water partition coefficient (Wildman–Crippen LogP) is 1.65. The maximum atomic E-state index is 12.2. The third-order valence-corrected chi connectivity index (χ3v) is 5.78. The molecule has 2 atom stereocenters. The number of benzene rings is 1. The Morgan fingerprint density at radius 3 is 2.81 bits per heavy atom. The van der Waals surface area contributed by atoms with Crippen LogP contribution in [-0.2, 0) is 16.3 Å². The standard InChI is InChI=1S/C11H14ClNO2S/c1-7(13-2)11-6-8-5-9(12)3-4-10(8)16(11,14)15/h3-5,7,11,13H,6H2,1-2H3. The van der Waals surface area contributed by atoms with Crippen LogP contribution in [0.4, 0.5) is 0 Å². The molecule has 2 unspecified atom stereocenters. The van der Waals surface area contributed by atoms with Crippen LogP contribution in [-0.4, -0.2) is 26.8 Å². The van der Waals surface area contributed by atoms with Crippen LogP contribution >= 0.6 is 11.6 Å². The summed E-state index contributed by atoms with van der Waals surface area (Å²) in [6.45, 7) is 1.88. The minimum absolute atomic E-state index is 0.0591. The number of nitrogens with one attached hydrogen (secondary N) is 1. The molecule has 0 saturated carbocycles. The monoisotopic (exact) mass is 259 g/mol. The van der Waals surface area contributed by atoms with Crippen LogP contribution in [0.5, 0.6) is 0 Å². The number of sulfone groups is 1. The van der Waals surface area contributed by atoms with E-state index >= 15 is 0 Å². The molecule has 1 aliphatic rings. The minimum atomic E-state index is -3.20. The van der Waals surface area contributed by atoms with Gasteiger partial charge in [0.15, 0.2) is 9.84 Å². The summed E-state index contributed by atoms with van der Waals surface area (Å²) in [4.78, 5) is 0.434. The molecule has 0 spiro atoms. The molecule has 0 aliphatic carbocycles. The van der Waals surface area contributed by atoms with Crippen molar-refractivity contribution < 1.29 is 8.42 Å². The van der Waals surface area contributed by atoms with E-state index in [9.17, 15) is 8.42 Å². The Hall–Kier alpha value is -0.580. The van der Waals surface area contributed by atoms with Gasteiger partial charge in [-0.15, -0.1) is 0 Å². The van der Waals surface area contributed by atoms with Gasteiger partial charge in [-0.05, 0) is 44.2 Å². The van der Waals surface area contributed by atoms with Gasteiger partial charge in [-0.25, -0.2) is 8.42 Å². The fourth-order valence-corrected chi connectivity index (χ4v) is 4.46. The molecule has 1 heterocycles. The predicted molar refractivity (Wildman–Crippen MR) is 64.7 cm³/mol. The number of hydrogen-bond acceptors (Lipinski definition) is 3. The lowest BCUT2D eigenvalue weighted by Gasteiger charge is -2.17. The zero-order chi connectivity index (χ0) is 11.9. The molecule has 1 aromatic rings. The highest BCUT2D eigenvalue weighted by Crippen LogP contribution is 2.34. The Morgan fingerprint density at radius 1 is 1.50 bits per heavy atom. The first-order valence-electron chi connectivity index (χ1n) is 5.16. The lowest BCUT2D eigenvalue weighted by molar-refractivity contribution is 0.535. The van der Waals surface area contributed by atoms with Crippen molar-refractivity contribution in [3.63, 3.8) is 0 Å². The molecular weight excluding hydrogens is 246 g/mol. The third-order valence-electron chi connectivity index (χ3n) is 3.16. The molecule has 1 aromatic carbocycles. The Morgan fingerprint density at radius 2 is 2.19 bits per heavy atom. The van der Waals surface area contributed by atoms with E-state index in [4.69, 9.17) is 11.6 Å². The normalized spacial score (nSPS) is 24.1. The van der Waals surface area contributed by atoms with Crippen LogP contribution in [0.3, 0.4) is 0 Å². The average molecular weight is 260 g/mol. The molecule has 1 N–H and O–H groups in total. The van der Waals surface area contributed by atoms with Crippen LogP contribution in [0, 0.1) is 0 Å². The van der Waals surface area contributed by atoms with Crippen LogP contribution in [0.1, 0.15) is 12.5 Å². The highest BCUT2D eigenvalue weighted by Gasteiger charge is 2.39. The van der Waals surface area contributed by atoms with Crippen molar-refractivity contribution in [1.82, 2.24) is 5.32 Å². The summed E-state index contributed by atoms with van der Waals surface area (Å²) in [5.74, 6) is 0. The SMILES string of the molecule is CNC(C)C1Cc2cc(Cl)ccc2S1(=O)=O. The molecule has 0 saturated heterocycles. The van der Waals surface area contributed by atoms with Crippen LogP contribution in [0.15, 0.2) is 23.1 Å². The van der Waals surface area contributed by atoms with Crippen molar-refractivity contribution in [3.8, 4) is 0 Å². The summed E-state index contributed by atoms with van der Waals surface area (Å²) in [5.41, 5.74) is 0.833. The van der Waals surface area contributed by atoms with Crippen molar-refractivity contribution in [2.24, 2.45) is 0 Å². The quantitative estimate of drug-likeness (QED) is 0.879. The molecule has 16 heavy (non-hydrogen) atoms. The summed E-state index contributed by atoms with van der Waals surface area (Å²) in [6, 6.07) is 4.92. The van der Waals surface area contributed by atoms with Crippen molar-refractivity contribution in [1.29, 1.82) is 0 Å². The van der Waals surface area contributed by atoms with Gasteiger partial charge in [-0.3, -0.25) is 0 Å². The van der Waals surface area contributed by atoms with E-state index in [0.29, 0.717) is 16.3 Å². The van der Waals surface area contributed by atoms with Gasteiger partial charge in [-0.2, -0.15) is 0 Å². The molecule has 0 fully saturated rings. The van der Waals surface area contributed by atoms with Gasteiger partial charge < -0.3 is 5.32 Å². The second-order valence-corrected chi connectivity index (χ2v) is 6.69. The maximum absolute atomic E-state index is 12.2. The van der Waals surface area contributed by atoms with E-state index < -0.39 is 9.84 Å². The van der Waals surface area contributed by atoms with E-state index in [1.54, 1.807) is 25.2 Å². The average Bonchev–Trinajstić information content (AvgIpc) is 2.49. The van der Waals surface area contributed by atoms with Crippen LogP contribution in [0.2, 0.25) is 5.02 Å². The van der Waals surface area contributed by atoms with Gasteiger partial charge in [0.05, 0.1) is 10.1 Å². The highest BCUT2D eigenvalue weighted by molar-refractivity contribution is 7.92. The molecular formula is C11H14ClNO2S. The molecule has 5 heteroatoms. The number of fused-ring (bicyclic) bond motifs is 1. The van der Waals surface area contributed by atoms with Gasteiger partial charge in [0.25, 0.3) is 0 Å². The van der Waals surface area contributed by atoms with Gasteiger partial charge in [0.2, 0.25) is 0 Å². The van der Waals surface area contributed by atoms with E-state index in [1.807, 2.05) is 6.92 Å². The van der Waals surface area contributed by atoms with Gasteiger partial charge in [0.1, 0.15) is 0 Å². The second kappa shape index (κ2) is 4.02. The summed E-state index contributed by atoms with van der Waals surface area (Å²) in [5, 5.41) is 3.21. The molecule has 1 aliphatic heterocycles. The summed E-state index contributed by atoms with van der Waals surface area (Å²) >= 11 is 5.87. The van der Waals surface area contributed by atoms with E-state index in [-0.39, 0.29) is 11.3 Å².